The molecule has 1 atom stereocenters. The van der Waals surface area contributed by atoms with Crippen molar-refractivity contribution in [2.75, 3.05) is 31.6 Å². The Morgan fingerprint density at radius 1 is 0.976 bits per heavy atom. The molecule has 0 saturated carbocycles. The van der Waals surface area contributed by atoms with Gasteiger partial charge in [-0.2, -0.15) is 0 Å². The molecule has 0 unspecified atom stereocenters. The predicted molar refractivity (Wildman–Crippen MR) is 160 cm³/mol. The molecule has 0 aliphatic heterocycles. The number of carbonyl (C=O) groups is 2. The van der Waals surface area contributed by atoms with Crippen molar-refractivity contribution in [1.29, 1.82) is 0 Å². The molecule has 42 heavy (non-hydrogen) atoms. The predicted octanol–water partition coefficient (Wildman–Crippen LogP) is 5.29. The fourth-order valence-electron chi connectivity index (χ4n) is 4.05. The summed E-state index contributed by atoms with van der Waals surface area (Å²) in [7, 11) is -1.64. The quantitative estimate of drug-likeness (QED) is 0.273. The van der Waals surface area contributed by atoms with Crippen LogP contribution in [0.25, 0.3) is 0 Å². The third-order valence-electron chi connectivity index (χ3n) is 6.41. The number of ether oxygens (including phenoxy) is 2. The molecule has 3 aromatic carbocycles. The Morgan fingerprint density at radius 3 is 2.24 bits per heavy atom. The molecule has 2 amide bonds. The summed E-state index contributed by atoms with van der Waals surface area (Å²) in [6.45, 7) is 3.00. The van der Waals surface area contributed by atoms with Crippen LogP contribution in [-0.2, 0) is 26.2 Å². The molecule has 3 aromatic rings. The Bertz CT molecular complexity index is 1520. The van der Waals surface area contributed by atoms with Crippen molar-refractivity contribution >= 4 is 50.7 Å². The number of halogens is 3. The molecule has 9 nitrogen and oxygen atoms in total. The highest BCUT2D eigenvalue weighted by Crippen LogP contribution is 2.32. The first-order chi connectivity index (χ1) is 19.9. The van der Waals surface area contributed by atoms with Gasteiger partial charge in [0.25, 0.3) is 10.0 Å². The van der Waals surface area contributed by atoms with Crippen LogP contribution in [-0.4, -0.2) is 58.5 Å². The lowest BCUT2D eigenvalue weighted by atomic mass is 10.1. The minimum atomic E-state index is -4.42. The molecule has 0 bridgehead atoms. The molecule has 1 N–H and O–H groups in total. The van der Waals surface area contributed by atoms with E-state index in [1.165, 1.54) is 62.4 Å². The van der Waals surface area contributed by atoms with Crippen molar-refractivity contribution in [3.63, 3.8) is 0 Å². The van der Waals surface area contributed by atoms with Gasteiger partial charge < -0.3 is 19.7 Å². The lowest BCUT2D eigenvalue weighted by Crippen LogP contribution is -2.51. The van der Waals surface area contributed by atoms with Gasteiger partial charge in [0.2, 0.25) is 11.8 Å². The Balaban J connectivity index is 2.07. The summed E-state index contributed by atoms with van der Waals surface area (Å²) in [6.07, 6.45) is 0.678. The fraction of sp³-hybridized carbons (Fsp3) is 0.310. The molecular weight excluding hydrogens is 608 g/mol. The smallest absolute Gasteiger partial charge is 0.264 e. The summed E-state index contributed by atoms with van der Waals surface area (Å²) in [5.74, 6) is -1.25. The number of hydrogen-bond donors (Lipinski definition) is 1. The summed E-state index contributed by atoms with van der Waals surface area (Å²) in [6, 6.07) is 12.4. The molecule has 0 radical (unpaired) electrons. The number of benzene rings is 3. The van der Waals surface area contributed by atoms with Crippen LogP contribution in [0.1, 0.15) is 25.8 Å². The van der Waals surface area contributed by atoms with Crippen LogP contribution in [0.2, 0.25) is 10.0 Å². The topological polar surface area (TPSA) is 105 Å². The molecule has 0 aliphatic carbocycles. The first-order valence-electron chi connectivity index (χ1n) is 12.9. The van der Waals surface area contributed by atoms with Gasteiger partial charge in [0.05, 0.1) is 24.8 Å². The minimum absolute atomic E-state index is 0.0343. The molecule has 0 aliphatic rings. The molecule has 0 saturated heterocycles. The number of amides is 2. The zero-order chi connectivity index (χ0) is 31.0. The Morgan fingerprint density at radius 2 is 1.64 bits per heavy atom. The SMILES string of the molecule is CCCNC(=O)[C@H](C)N(Cc1ccc(Cl)cc1Cl)C(=O)CN(c1ccc(F)cc1)S(=O)(=O)c1ccc(OC)c(OC)c1. The molecular formula is C29H32Cl2FN3O6S. The summed E-state index contributed by atoms with van der Waals surface area (Å²) in [5, 5.41) is 3.42. The van der Waals surface area contributed by atoms with E-state index in [1.54, 1.807) is 12.1 Å². The molecule has 0 aromatic heterocycles. The van der Waals surface area contributed by atoms with Crippen LogP contribution >= 0.6 is 23.2 Å². The van der Waals surface area contributed by atoms with Crippen molar-refractivity contribution in [2.45, 2.75) is 37.8 Å². The highest BCUT2D eigenvalue weighted by atomic mass is 35.5. The second kappa shape index (κ2) is 14.6. The van der Waals surface area contributed by atoms with Crippen molar-refractivity contribution in [1.82, 2.24) is 10.2 Å². The Labute approximate surface area is 255 Å². The minimum Gasteiger partial charge on any atom is -0.493 e. The van der Waals surface area contributed by atoms with E-state index >= 15 is 0 Å². The summed E-state index contributed by atoms with van der Waals surface area (Å²) < 4.78 is 53.1. The third-order valence-corrected chi connectivity index (χ3v) is 8.77. The van der Waals surface area contributed by atoms with Crippen molar-refractivity contribution in [2.24, 2.45) is 0 Å². The van der Waals surface area contributed by atoms with Gasteiger partial charge in [-0.25, -0.2) is 12.8 Å². The fourth-order valence-corrected chi connectivity index (χ4v) is 5.95. The number of anilines is 1. The van der Waals surface area contributed by atoms with Crippen LogP contribution in [0.15, 0.2) is 65.6 Å². The molecule has 0 heterocycles. The average Bonchev–Trinajstić information content (AvgIpc) is 2.97. The van der Waals surface area contributed by atoms with Gasteiger partial charge in [0.1, 0.15) is 18.4 Å². The van der Waals surface area contributed by atoms with Crippen LogP contribution < -0.4 is 19.1 Å². The van der Waals surface area contributed by atoms with Gasteiger partial charge >= 0.3 is 0 Å². The van der Waals surface area contributed by atoms with Gasteiger partial charge in [0.15, 0.2) is 11.5 Å². The number of methoxy groups -OCH3 is 2. The van der Waals surface area contributed by atoms with E-state index < -0.39 is 40.2 Å². The van der Waals surface area contributed by atoms with E-state index in [2.05, 4.69) is 5.32 Å². The molecule has 0 spiro atoms. The van der Waals surface area contributed by atoms with Crippen molar-refractivity contribution < 1.29 is 31.9 Å². The summed E-state index contributed by atoms with van der Waals surface area (Å²) in [4.78, 5) is 28.0. The van der Waals surface area contributed by atoms with Crippen molar-refractivity contribution in [3.05, 3.63) is 82.1 Å². The zero-order valence-electron chi connectivity index (χ0n) is 23.6. The number of hydrogen-bond acceptors (Lipinski definition) is 6. The van der Waals surface area contributed by atoms with E-state index in [4.69, 9.17) is 32.7 Å². The number of carbonyl (C=O) groups excluding carboxylic acids is 2. The van der Waals surface area contributed by atoms with E-state index in [9.17, 15) is 22.4 Å². The van der Waals surface area contributed by atoms with E-state index in [0.717, 1.165) is 16.4 Å². The van der Waals surface area contributed by atoms with Crippen LogP contribution in [0.3, 0.4) is 0 Å². The molecule has 3 rings (SSSR count). The highest BCUT2D eigenvalue weighted by Gasteiger charge is 2.33. The van der Waals surface area contributed by atoms with Gasteiger partial charge in [-0.05, 0) is 67.4 Å². The Kier molecular flexibility index (Phi) is 11.4. The summed E-state index contributed by atoms with van der Waals surface area (Å²) in [5.41, 5.74) is 0.535. The monoisotopic (exact) mass is 639 g/mol. The standard InChI is InChI=1S/C29H32Cl2FN3O6S/c1-5-14-33-29(37)19(2)34(17-20-6-7-21(30)15-25(20)31)28(36)18-35(23-10-8-22(32)9-11-23)42(38,39)24-12-13-26(40-3)27(16-24)41-4/h6-13,15-16,19H,5,14,17-18H2,1-4H3,(H,33,37)/t19-/m0/s1. The van der Waals surface area contributed by atoms with Gasteiger partial charge in [-0.1, -0.05) is 36.2 Å². The number of sulfonamides is 1. The maximum Gasteiger partial charge on any atom is 0.264 e. The van der Waals surface area contributed by atoms with Crippen molar-refractivity contribution in [3.8, 4) is 11.5 Å². The number of nitrogens with one attached hydrogen (secondary N) is 1. The summed E-state index contributed by atoms with van der Waals surface area (Å²) >= 11 is 12.4. The second-order valence-corrected chi connectivity index (χ2v) is 11.9. The Hall–Kier alpha value is -3.54. The number of nitrogens with zero attached hydrogens (tertiary/aromatic N) is 2. The maximum absolute atomic E-state index is 14.0. The highest BCUT2D eigenvalue weighted by molar-refractivity contribution is 7.92. The maximum atomic E-state index is 14.0. The zero-order valence-corrected chi connectivity index (χ0v) is 25.9. The van der Waals surface area contributed by atoms with Crippen LogP contribution in [0.4, 0.5) is 10.1 Å². The lowest BCUT2D eigenvalue weighted by molar-refractivity contribution is -0.139. The van der Waals surface area contributed by atoms with Crippen LogP contribution in [0.5, 0.6) is 11.5 Å². The van der Waals surface area contributed by atoms with E-state index in [1.807, 2.05) is 6.92 Å². The van der Waals surface area contributed by atoms with E-state index in [0.29, 0.717) is 29.3 Å². The van der Waals surface area contributed by atoms with Crippen LogP contribution in [0, 0.1) is 5.82 Å². The first-order valence-corrected chi connectivity index (χ1v) is 15.1. The van der Waals surface area contributed by atoms with Gasteiger partial charge in [-0.15, -0.1) is 0 Å². The second-order valence-electron chi connectivity index (χ2n) is 9.23. The molecule has 226 valence electrons. The molecule has 13 heteroatoms. The average molecular weight is 641 g/mol. The molecule has 0 fully saturated rings. The van der Waals surface area contributed by atoms with E-state index in [-0.39, 0.29) is 27.9 Å². The largest absolute Gasteiger partial charge is 0.493 e. The lowest BCUT2D eigenvalue weighted by Gasteiger charge is -2.32. The first kappa shape index (κ1) is 33.0. The van der Waals surface area contributed by atoms with Gasteiger partial charge in [0, 0.05) is 29.2 Å². The third kappa shape index (κ3) is 7.84. The normalized spacial score (nSPS) is 11.9. The number of rotatable bonds is 13. The van der Waals surface area contributed by atoms with Gasteiger partial charge in [-0.3, -0.25) is 13.9 Å².